The van der Waals surface area contributed by atoms with E-state index in [2.05, 4.69) is 11.7 Å². The molecule has 0 bridgehead atoms. The van der Waals surface area contributed by atoms with Gasteiger partial charge >= 0.3 is 0 Å². The molecule has 0 aliphatic carbocycles. The standard InChI is InChI=1S/C9H13N3.C2H6/c1-4-9-8(5-7(2)10)6-12(3)11-9;1-2/h4-6H,1,10H2,2-3H3;1-2H3/b7-5+;. The number of hydrogen-bond acceptors (Lipinski definition) is 2. The quantitative estimate of drug-likeness (QED) is 0.783. The lowest BCUT2D eigenvalue weighted by atomic mass is 10.2. The van der Waals surface area contributed by atoms with Gasteiger partial charge in [-0.2, -0.15) is 5.10 Å². The second-order valence-electron chi connectivity index (χ2n) is 2.74. The first-order valence-corrected chi connectivity index (χ1v) is 4.73. The molecule has 1 aromatic heterocycles. The van der Waals surface area contributed by atoms with Crippen molar-refractivity contribution in [2.24, 2.45) is 12.8 Å². The van der Waals surface area contributed by atoms with Crippen LogP contribution in [0.2, 0.25) is 0 Å². The highest BCUT2D eigenvalue weighted by molar-refractivity contribution is 5.61. The highest BCUT2D eigenvalue weighted by Gasteiger charge is 2.00. The van der Waals surface area contributed by atoms with Crippen molar-refractivity contribution >= 4 is 12.2 Å². The lowest BCUT2D eigenvalue weighted by Gasteiger charge is -1.89. The summed E-state index contributed by atoms with van der Waals surface area (Å²) in [6.45, 7) is 9.51. The molecule has 0 atom stereocenters. The molecule has 3 heteroatoms. The van der Waals surface area contributed by atoms with Crippen molar-refractivity contribution in [1.29, 1.82) is 0 Å². The second-order valence-corrected chi connectivity index (χ2v) is 2.74. The number of rotatable bonds is 2. The zero-order valence-corrected chi connectivity index (χ0v) is 9.41. The molecule has 0 aromatic carbocycles. The van der Waals surface area contributed by atoms with Crippen molar-refractivity contribution in [1.82, 2.24) is 9.78 Å². The predicted octanol–water partition coefficient (Wildman–Crippen LogP) is 2.41. The topological polar surface area (TPSA) is 43.8 Å². The fourth-order valence-electron chi connectivity index (χ4n) is 1.04. The van der Waals surface area contributed by atoms with Gasteiger partial charge in [0, 0.05) is 24.5 Å². The third-order valence-corrected chi connectivity index (χ3v) is 1.46. The average molecular weight is 193 g/mol. The SMILES string of the molecule is C=Cc1nn(C)cc1/C=C(\C)N.CC. The maximum Gasteiger partial charge on any atom is 0.0917 e. The minimum Gasteiger partial charge on any atom is -0.402 e. The fraction of sp³-hybridized carbons (Fsp3) is 0.364. The van der Waals surface area contributed by atoms with Crippen LogP contribution in [0.4, 0.5) is 0 Å². The van der Waals surface area contributed by atoms with E-state index in [1.54, 1.807) is 10.8 Å². The van der Waals surface area contributed by atoms with Crippen LogP contribution in [-0.4, -0.2) is 9.78 Å². The van der Waals surface area contributed by atoms with Crippen molar-refractivity contribution in [3.8, 4) is 0 Å². The van der Waals surface area contributed by atoms with Crippen molar-refractivity contribution in [2.75, 3.05) is 0 Å². The van der Waals surface area contributed by atoms with E-state index >= 15 is 0 Å². The zero-order valence-electron chi connectivity index (χ0n) is 9.41. The Hall–Kier alpha value is -1.51. The normalized spacial score (nSPS) is 10.4. The second kappa shape index (κ2) is 6.02. The lowest BCUT2D eigenvalue weighted by molar-refractivity contribution is 0.764. The highest BCUT2D eigenvalue weighted by atomic mass is 15.2. The van der Waals surface area contributed by atoms with Gasteiger partial charge in [0.25, 0.3) is 0 Å². The summed E-state index contributed by atoms with van der Waals surface area (Å²) in [5.74, 6) is 0. The van der Waals surface area contributed by atoms with E-state index in [0.717, 1.165) is 17.0 Å². The van der Waals surface area contributed by atoms with E-state index in [9.17, 15) is 0 Å². The van der Waals surface area contributed by atoms with Gasteiger partial charge in [-0.25, -0.2) is 0 Å². The van der Waals surface area contributed by atoms with E-state index < -0.39 is 0 Å². The summed E-state index contributed by atoms with van der Waals surface area (Å²) in [7, 11) is 1.87. The summed E-state index contributed by atoms with van der Waals surface area (Å²) >= 11 is 0. The van der Waals surface area contributed by atoms with E-state index in [1.807, 2.05) is 40.1 Å². The maximum atomic E-state index is 5.55. The van der Waals surface area contributed by atoms with Crippen molar-refractivity contribution < 1.29 is 0 Å². The third-order valence-electron chi connectivity index (χ3n) is 1.46. The van der Waals surface area contributed by atoms with Gasteiger partial charge in [0.2, 0.25) is 0 Å². The van der Waals surface area contributed by atoms with Crippen LogP contribution in [0.25, 0.3) is 12.2 Å². The van der Waals surface area contributed by atoms with E-state index in [-0.39, 0.29) is 0 Å². The molecular weight excluding hydrogens is 174 g/mol. The summed E-state index contributed by atoms with van der Waals surface area (Å²) in [5, 5.41) is 4.18. The Balaban J connectivity index is 0.000000791. The third kappa shape index (κ3) is 3.47. The largest absolute Gasteiger partial charge is 0.402 e. The van der Waals surface area contributed by atoms with Crippen LogP contribution in [0.3, 0.4) is 0 Å². The molecule has 0 aliphatic heterocycles. The molecule has 0 saturated heterocycles. The van der Waals surface area contributed by atoms with Crippen LogP contribution in [-0.2, 0) is 7.05 Å². The van der Waals surface area contributed by atoms with Crippen LogP contribution in [0.5, 0.6) is 0 Å². The van der Waals surface area contributed by atoms with Crippen LogP contribution < -0.4 is 5.73 Å². The minimum absolute atomic E-state index is 0.770. The van der Waals surface area contributed by atoms with Crippen LogP contribution in [0.15, 0.2) is 18.5 Å². The zero-order chi connectivity index (χ0) is 11.1. The number of aryl methyl sites for hydroxylation is 1. The number of allylic oxidation sites excluding steroid dienone is 1. The Morgan fingerprint density at radius 3 is 2.57 bits per heavy atom. The summed E-state index contributed by atoms with van der Waals surface area (Å²) in [6.07, 6.45) is 5.51. The summed E-state index contributed by atoms with van der Waals surface area (Å²) in [4.78, 5) is 0. The van der Waals surface area contributed by atoms with Gasteiger partial charge < -0.3 is 5.73 Å². The average Bonchev–Trinajstić information content (AvgIpc) is 2.48. The smallest absolute Gasteiger partial charge is 0.0917 e. The van der Waals surface area contributed by atoms with Gasteiger partial charge in [0.05, 0.1) is 5.69 Å². The molecule has 1 rings (SSSR count). The van der Waals surface area contributed by atoms with E-state index in [0.29, 0.717) is 0 Å². The number of aromatic nitrogens is 2. The molecule has 2 N–H and O–H groups in total. The Labute approximate surface area is 85.9 Å². The summed E-state index contributed by atoms with van der Waals surface area (Å²) in [6, 6.07) is 0. The molecule has 0 amide bonds. The molecule has 0 radical (unpaired) electrons. The van der Waals surface area contributed by atoms with E-state index in [1.165, 1.54) is 0 Å². The maximum absolute atomic E-state index is 5.55. The summed E-state index contributed by atoms with van der Waals surface area (Å²) < 4.78 is 1.74. The predicted molar refractivity (Wildman–Crippen MR) is 62.5 cm³/mol. The Morgan fingerprint density at radius 1 is 1.57 bits per heavy atom. The molecule has 1 heterocycles. The Morgan fingerprint density at radius 2 is 2.14 bits per heavy atom. The first kappa shape index (κ1) is 12.5. The number of hydrogen-bond donors (Lipinski definition) is 1. The Bertz CT molecular complexity index is 317. The van der Waals surface area contributed by atoms with Crippen LogP contribution in [0, 0.1) is 0 Å². The van der Waals surface area contributed by atoms with Crippen molar-refractivity contribution in [2.45, 2.75) is 20.8 Å². The first-order valence-electron chi connectivity index (χ1n) is 4.73. The molecule has 78 valence electrons. The lowest BCUT2D eigenvalue weighted by Crippen LogP contribution is -1.89. The molecule has 1 aromatic rings. The number of nitrogens with zero attached hydrogens (tertiary/aromatic N) is 2. The monoisotopic (exact) mass is 193 g/mol. The molecule has 14 heavy (non-hydrogen) atoms. The molecule has 3 nitrogen and oxygen atoms in total. The van der Waals surface area contributed by atoms with Gasteiger partial charge in [0.1, 0.15) is 0 Å². The fourth-order valence-corrected chi connectivity index (χ4v) is 1.04. The van der Waals surface area contributed by atoms with Gasteiger partial charge in [-0.3, -0.25) is 4.68 Å². The highest BCUT2D eigenvalue weighted by Crippen LogP contribution is 2.10. The molecule has 0 fully saturated rings. The molecule has 0 unspecified atom stereocenters. The molecule has 0 aliphatic rings. The van der Waals surface area contributed by atoms with Gasteiger partial charge in [-0.05, 0) is 19.1 Å². The molecule has 0 spiro atoms. The van der Waals surface area contributed by atoms with Crippen molar-refractivity contribution in [3.63, 3.8) is 0 Å². The van der Waals surface area contributed by atoms with Gasteiger partial charge in [-0.15, -0.1) is 0 Å². The summed E-state index contributed by atoms with van der Waals surface area (Å²) in [5.41, 5.74) is 8.19. The molecular formula is C11H19N3. The van der Waals surface area contributed by atoms with Crippen molar-refractivity contribution in [3.05, 3.63) is 29.7 Å². The Kier molecular flexibility index (Phi) is 5.37. The van der Waals surface area contributed by atoms with Gasteiger partial charge in [0.15, 0.2) is 0 Å². The van der Waals surface area contributed by atoms with E-state index in [4.69, 9.17) is 5.73 Å². The number of nitrogens with two attached hydrogens (primary N) is 1. The van der Waals surface area contributed by atoms with Crippen LogP contribution >= 0.6 is 0 Å². The van der Waals surface area contributed by atoms with Crippen LogP contribution in [0.1, 0.15) is 32.0 Å². The minimum atomic E-state index is 0.770. The molecule has 0 saturated carbocycles. The van der Waals surface area contributed by atoms with Gasteiger partial charge in [-0.1, -0.05) is 20.4 Å². The first-order chi connectivity index (χ1) is 6.63.